The average molecular weight is 220 g/mol. The maximum atomic E-state index is 5.50. The normalized spacial score (nSPS) is 10.3. The van der Waals surface area contributed by atoms with Crippen LogP contribution in [0.15, 0.2) is 18.9 Å². The van der Waals surface area contributed by atoms with Crippen LogP contribution >= 0.6 is 0 Å². The van der Waals surface area contributed by atoms with Crippen molar-refractivity contribution in [2.75, 3.05) is 19.0 Å². The first-order valence-electron chi connectivity index (χ1n) is 5.52. The molecular weight excluding hydrogens is 200 g/mol. The van der Waals surface area contributed by atoms with Crippen LogP contribution in [-0.2, 0) is 0 Å². The maximum absolute atomic E-state index is 5.50. The SMILES string of the molecule is C=CCOc1ncc(C(C)C)c(C)c1NC. The fourth-order valence-electron chi connectivity index (χ4n) is 1.72. The highest BCUT2D eigenvalue weighted by Crippen LogP contribution is 2.31. The van der Waals surface area contributed by atoms with Gasteiger partial charge < -0.3 is 10.1 Å². The summed E-state index contributed by atoms with van der Waals surface area (Å²) < 4.78 is 5.50. The molecule has 1 rings (SSSR count). The first-order valence-corrected chi connectivity index (χ1v) is 5.52. The Hall–Kier alpha value is -1.51. The molecule has 88 valence electrons. The Morgan fingerprint density at radius 1 is 1.56 bits per heavy atom. The van der Waals surface area contributed by atoms with Crippen molar-refractivity contribution in [2.45, 2.75) is 26.7 Å². The first-order chi connectivity index (χ1) is 7.61. The summed E-state index contributed by atoms with van der Waals surface area (Å²) in [5.41, 5.74) is 3.41. The van der Waals surface area contributed by atoms with Crippen molar-refractivity contribution >= 4 is 5.69 Å². The predicted octanol–water partition coefficient (Wildman–Crippen LogP) is 3.12. The van der Waals surface area contributed by atoms with Gasteiger partial charge in [0.2, 0.25) is 5.88 Å². The van der Waals surface area contributed by atoms with E-state index >= 15 is 0 Å². The Kier molecular flexibility index (Phi) is 4.35. The molecule has 0 aromatic carbocycles. The summed E-state index contributed by atoms with van der Waals surface area (Å²) in [7, 11) is 1.88. The van der Waals surface area contributed by atoms with E-state index < -0.39 is 0 Å². The number of anilines is 1. The summed E-state index contributed by atoms with van der Waals surface area (Å²) in [5.74, 6) is 1.11. The van der Waals surface area contributed by atoms with Crippen LogP contribution in [0.4, 0.5) is 5.69 Å². The summed E-state index contributed by atoms with van der Waals surface area (Å²) in [6.45, 7) is 10.5. The number of pyridine rings is 1. The summed E-state index contributed by atoms with van der Waals surface area (Å²) >= 11 is 0. The van der Waals surface area contributed by atoms with Crippen molar-refractivity contribution in [3.63, 3.8) is 0 Å². The van der Waals surface area contributed by atoms with E-state index in [4.69, 9.17) is 4.74 Å². The molecule has 0 fully saturated rings. The van der Waals surface area contributed by atoms with Gasteiger partial charge in [-0.15, -0.1) is 0 Å². The van der Waals surface area contributed by atoms with Gasteiger partial charge in [0.15, 0.2) is 0 Å². The molecule has 16 heavy (non-hydrogen) atoms. The zero-order valence-corrected chi connectivity index (χ0v) is 10.5. The van der Waals surface area contributed by atoms with Crippen molar-refractivity contribution < 1.29 is 4.74 Å². The lowest BCUT2D eigenvalue weighted by atomic mass is 9.99. The molecule has 1 aromatic rings. The number of aromatic nitrogens is 1. The Morgan fingerprint density at radius 3 is 2.75 bits per heavy atom. The van der Waals surface area contributed by atoms with E-state index in [0.717, 1.165) is 5.69 Å². The van der Waals surface area contributed by atoms with Crippen LogP contribution in [0.2, 0.25) is 0 Å². The van der Waals surface area contributed by atoms with Gasteiger partial charge in [-0.1, -0.05) is 26.5 Å². The molecule has 3 nitrogen and oxygen atoms in total. The van der Waals surface area contributed by atoms with Crippen molar-refractivity contribution in [3.8, 4) is 5.88 Å². The van der Waals surface area contributed by atoms with Gasteiger partial charge in [-0.25, -0.2) is 4.98 Å². The molecule has 0 radical (unpaired) electrons. The summed E-state index contributed by atoms with van der Waals surface area (Å²) in [5, 5.41) is 3.15. The average Bonchev–Trinajstić information content (AvgIpc) is 2.25. The third-order valence-corrected chi connectivity index (χ3v) is 2.55. The van der Waals surface area contributed by atoms with E-state index in [1.54, 1.807) is 6.08 Å². The van der Waals surface area contributed by atoms with E-state index in [0.29, 0.717) is 18.4 Å². The number of hydrogen-bond acceptors (Lipinski definition) is 3. The Balaban J connectivity index is 3.12. The molecule has 3 heteroatoms. The molecule has 0 saturated carbocycles. The van der Waals surface area contributed by atoms with Crippen LogP contribution in [0.1, 0.15) is 30.9 Å². The second kappa shape index (κ2) is 5.54. The zero-order valence-electron chi connectivity index (χ0n) is 10.5. The summed E-state index contributed by atoms with van der Waals surface area (Å²) in [6.07, 6.45) is 3.60. The van der Waals surface area contributed by atoms with Crippen LogP contribution in [0.5, 0.6) is 5.88 Å². The van der Waals surface area contributed by atoms with Crippen LogP contribution < -0.4 is 10.1 Å². The highest BCUT2D eigenvalue weighted by atomic mass is 16.5. The Bertz CT molecular complexity index is 372. The second-order valence-electron chi connectivity index (χ2n) is 4.02. The standard InChI is InChI=1S/C13H20N2O/c1-6-7-16-13-12(14-5)10(4)11(8-15-13)9(2)3/h6,8-9,14H,1,7H2,2-5H3. The van der Waals surface area contributed by atoms with Gasteiger partial charge in [-0.05, 0) is 24.0 Å². The van der Waals surface area contributed by atoms with E-state index in [9.17, 15) is 0 Å². The minimum absolute atomic E-state index is 0.466. The molecule has 0 aliphatic heterocycles. The molecule has 1 aromatic heterocycles. The van der Waals surface area contributed by atoms with Gasteiger partial charge >= 0.3 is 0 Å². The topological polar surface area (TPSA) is 34.1 Å². The Morgan fingerprint density at radius 2 is 2.25 bits per heavy atom. The third kappa shape index (κ3) is 2.54. The molecule has 0 atom stereocenters. The van der Waals surface area contributed by atoms with Crippen molar-refractivity contribution in [1.29, 1.82) is 0 Å². The van der Waals surface area contributed by atoms with Crippen LogP contribution in [0, 0.1) is 6.92 Å². The zero-order chi connectivity index (χ0) is 12.1. The van der Waals surface area contributed by atoms with E-state index in [1.165, 1.54) is 11.1 Å². The smallest absolute Gasteiger partial charge is 0.237 e. The lowest BCUT2D eigenvalue weighted by Crippen LogP contribution is -2.05. The van der Waals surface area contributed by atoms with Gasteiger partial charge in [0.05, 0.1) is 0 Å². The number of ether oxygens (including phenoxy) is 1. The van der Waals surface area contributed by atoms with Gasteiger partial charge in [-0.2, -0.15) is 0 Å². The molecular formula is C13H20N2O. The van der Waals surface area contributed by atoms with Gasteiger partial charge in [0.25, 0.3) is 0 Å². The van der Waals surface area contributed by atoms with Gasteiger partial charge in [-0.3, -0.25) is 0 Å². The van der Waals surface area contributed by atoms with Crippen LogP contribution in [-0.4, -0.2) is 18.6 Å². The van der Waals surface area contributed by atoms with Crippen LogP contribution in [0.3, 0.4) is 0 Å². The van der Waals surface area contributed by atoms with Crippen molar-refractivity contribution in [2.24, 2.45) is 0 Å². The largest absolute Gasteiger partial charge is 0.472 e. The molecule has 0 aliphatic rings. The minimum atomic E-state index is 0.466. The first kappa shape index (κ1) is 12.6. The summed E-state index contributed by atoms with van der Waals surface area (Å²) in [6, 6.07) is 0. The lowest BCUT2D eigenvalue weighted by Gasteiger charge is -2.16. The number of hydrogen-bond donors (Lipinski definition) is 1. The molecule has 0 saturated heterocycles. The highest BCUT2D eigenvalue weighted by Gasteiger charge is 2.13. The fraction of sp³-hybridized carbons (Fsp3) is 0.462. The van der Waals surface area contributed by atoms with E-state index in [1.807, 2.05) is 13.2 Å². The number of rotatable bonds is 5. The van der Waals surface area contributed by atoms with Crippen molar-refractivity contribution in [3.05, 3.63) is 30.0 Å². The van der Waals surface area contributed by atoms with E-state index in [-0.39, 0.29) is 0 Å². The molecule has 0 bridgehead atoms. The molecule has 1 N–H and O–H groups in total. The maximum Gasteiger partial charge on any atom is 0.237 e. The van der Waals surface area contributed by atoms with Gasteiger partial charge in [0, 0.05) is 13.2 Å². The predicted molar refractivity (Wildman–Crippen MR) is 68.3 cm³/mol. The molecule has 0 unspecified atom stereocenters. The van der Waals surface area contributed by atoms with Crippen molar-refractivity contribution in [1.82, 2.24) is 4.98 Å². The second-order valence-corrected chi connectivity index (χ2v) is 4.02. The molecule has 0 aliphatic carbocycles. The third-order valence-electron chi connectivity index (χ3n) is 2.55. The number of nitrogens with one attached hydrogen (secondary N) is 1. The molecule has 0 amide bonds. The van der Waals surface area contributed by atoms with Crippen LogP contribution in [0.25, 0.3) is 0 Å². The van der Waals surface area contributed by atoms with Gasteiger partial charge in [0.1, 0.15) is 12.3 Å². The fourth-order valence-corrected chi connectivity index (χ4v) is 1.72. The molecule has 0 spiro atoms. The summed E-state index contributed by atoms with van der Waals surface area (Å²) in [4.78, 5) is 4.34. The monoisotopic (exact) mass is 220 g/mol. The quantitative estimate of drug-likeness (QED) is 0.774. The lowest BCUT2D eigenvalue weighted by molar-refractivity contribution is 0.350. The number of nitrogens with zero attached hydrogens (tertiary/aromatic N) is 1. The molecule has 1 heterocycles. The minimum Gasteiger partial charge on any atom is -0.472 e. The highest BCUT2D eigenvalue weighted by molar-refractivity contribution is 5.60. The van der Waals surface area contributed by atoms with E-state index in [2.05, 4.69) is 37.7 Å². The Labute approximate surface area is 97.5 Å².